The van der Waals surface area contributed by atoms with Crippen LogP contribution < -0.4 is 11.1 Å². The predicted octanol–water partition coefficient (Wildman–Crippen LogP) is 3.00. The number of halogens is 1. The second-order valence-electron chi connectivity index (χ2n) is 3.96. The molecular formula is C13H10ClN5. The van der Waals surface area contributed by atoms with Crippen LogP contribution in [0.15, 0.2) is 42.7 Å². The van der Waals surface area contributed by atoms with Crippen LogP contribution in [0, 0.1) is 0 Å². The standard InChI is InChI=1S/C13H10ClN5/c14-10-7-17-13(15)19-12(10)18-9-3-4-11-8(6-9)2-1-5-16-11/h1-7H,(H3,15,17,18,19). The van der Waals surface area contributed by atoms with Gasteiger partial charge in [0.05, 0.1) is 11.7 Å². The van der Waals surface area contributed by atoms with Crippen LogP contribution in [0.3, 0.4) is 0 Å². The van der Waals surface area contributed by atoms with Crippen molar-refractivity contribution in [3.63, 3.8) is 0 Å². The molecule has 0 bridgehead atoms. The molecule has 0 fully saturated rings. The van der Waals surface area contributed by atoms with E-state index >= 15 is 0 Å². The molecule has 0 radical (unpaired) electrons. The van der Waals surface area contributed by atoms with Crippen molar-refractivity contribution < 1.29 is 0 Å². The van der Waals surface area contributed by atoms with E-state index in [-0.39, 0.29) is 5.95 Å². The first kappa shape index (κ1) is 11.7. The van der Waals surface area contributed by atoms with Gasteiger partial charge in [0.2, 0.25) is 5.95 Å². The number of nitrogens with two attached hydrogens (primary N) is 1. The van der Waals surface area contributed by atoms with Crippen LogP contribution in [0.25, 0.3) is 10.9 Å². The lowest BCUT2D eigenvalue weighted by Crippen LogP contribution is -2.00. The highest BCUT2D eigenvalue weighted by Crippen LogP contribution is 2.25. The number of aromatic nitrogens is 3. The highest BCUT2D eigenvalue weighted by molar-refractivity contribution is 6.32. The molecule has 94 valence electrons. The van der Waals surface area contributed by atoms with Gasteiger partial charge in [-0.2, -0.15) is 4.98 Å². The normalized spacial score (nSPS) is 10.6. The van der Waals surface area contributed by atoms with Crippen molar-refractivity contribution in [2.75, 3.05) is 11.1 Å². The highest BCUT2D eigenvalue weighted by Gasteiger charge is 2.04. The Morgan fingerprint density at radius 2 is 2.05 bits per heavy atom. The summed E-state index contributed by atoms with van der Waals surface area (Å²) in [4.78, 5) is 12.1. The molecule has 0 saturated carbocycles. The fourth-order valence-electron chi connectivity index (χ4n) is 1.76. The third-order valence-corrected chi connectivity index (χ3v) is 2.91. The number of anilines is 3. The zero-order valence-corrected chi connectivity index (χ0v) is 10.6. The van der Waals surface area contributed by atoms with Gasteiger partial charge in [0.15, 0.2) is 5.82 Å². The van der Waals surface area contributed by atoms with Crippen LogP contribution >= 0.6 is 11.6 Å². The van der Waals surface area contributed by atoms with Gasteiger partial charge in [-0.15, -0.1) is 0 Å². The molecule has 3 rings (SSSR count). The van der Waals surface area contributed by atoms with E-state index in [0.29, 0.717) is 10.8 Å². The van der Waals surface area contributed by atoms with E-state index < -0.39 is 0 Å². The van der Waals surface area contributed by atoms with Crippen LogP contribution in [0.2, 0.25) is 5.02 Å². The SMILES string of the molecule is Nc1ncc(Cl)c(Nc2ccc3ncccc3c2)n1. The lowest BCUT2D eigenvalue weighted by atomic mass is 10.2. The molecule has 0 atom stereocenters. The quantitative estimate of drug-likeness (QED) is 0.749. The highest BCUT2D eigenvalue weighted by atomic mass is 35.5. The summed E-state index contributed by atoms with van der Waals surface area (Å²) in [6, 6.07) is 9.68. The molecule has 3 aromatic rings. The molecule has 0 spiro atoms. The molecule has 0 unspecified atom stereocenters. The average Bonchev–Trinajstić information content (AvgIpc) is 2.43. The summed E-state index contributed by atoms with van der Waals surface area (Å²) in [5, 5.41) is 4.56. The Hall–Kier alpha value is -2.40. The molecule has 2 heterocycles. The molecule has 0 aliphatic carbocycles. The van der Waals surface area contributed by atoms with Crippen molar-refractivity contribution in [3.8, 4) is 0 Å². The molecule has 19 heavy (non-hydrogen) atoms. The summed E-state index contributed by atoms with van der Waals surface area (Å²) in [7, 11) is 0. The second-order valence-corrected chi connectivity index (χ2v) is 4.37. The van der Waals surface area contributed by atoms with Crippen molar-refractivity contribution in [3.05, 3.63) is 47.7 Å². The van der Waals surface area contributed by atoms with Crippen LogP contribution in [-0.4, -0.2) is 15.0 Å². The van der Waals surface area contributed by atoms with Crippen LogP contribution in [-0.2, 0) is 0 Å². The number of fused-ring (bicyclic) bond motifs is 1. The maximum atomic E-state index is 6.01. The zero-order chi connectivity index (χ0) is 13.2. The summed E-state index contributed by atoms with van der Waals surface area (Å²) in [5.41, 5.74) is 7.33. The summed E-state index contributed by atoms with van der Waals surface area (Å²) in [5.74, 6) is 0.659. The largest absolute Gasteiger partial charge is 0.368 e. The van der Waals surface area contributed by atoms with Crippen molar-refractivity contribution in [1.82, 2.24) is 15.0 Å². The van der Waals surface area contributed by atoms with Crippen molar-refractivity contribution in [2.45, 2.75) is 0 Å². The Morgan fingerprint density at radius 1 is 1.16 bits per heavy atom. The molecule has 0 aliphatic heterocycles. The molecule has 1 aromatic carbocycles. The van der Waals surface area contributed by atoms with Gasteiger partial charge < -0.3 is 11.1 Å². The number of nitrogen functional groups attached to an aromatic ring is 1. The van der Waals surface area contributed by atoms with E-state index in [1.807, 2.05) is 30.3 Å². The molecule has 3 N–H and O–H groups in total. The van der Waals surface area contributed by atoms with Gasteiger partial charge in [0.1, 0.15) is 5.02 Å². The van der Waals surface area contributed by atoms with Crippen LogP contribution in [0.4, 0.5) is 17.5 Å². The molecule has 2 aromatic heterocycles. The molecule has 5 nitrogen and oxygen atoms in total. The van der Waals surface area contributed by atoms with E-state index in [2.05, 4.69) is 20.3 Å². The minimum absolute atomic E-state index is 0.175. The third-order valence-electron chi connectivity index (χ3n) is 2.63. The first-order valence-corrected chi connectivity index (χ1v) is 6.00. The summed E-state index contributed by atoms with van der Waals surface area (Å²) in [6.07, 6.45) is 3.23. The zero-order valence-electron chi connectivity index (χ0n) is 9.84. The monoisotopic (exact) mass is 271 g/mol. The van der Waals surface area contributed by atoms with Crippen molar-refractivity contribution >= 4 is 40.0 Å². The Kier molecular flexibility index (Phi) is 2.89. The predicted molar refractivity (Wildman–Crippen MR) is 76.5 cm³/mol. The first-order valence-electron chi connectivity index (χ1n) is 5.62. The summed E-state index contributed by atoms with van der Waals surface area (Å²) in [6.45, 7) is 0. The molecular weight excluding hydrogens is 262 g/mol. The Balaban J connectivity index is 1.98. The van der Waals surface area contributed by atoms with Gasteiger partial charge in [-0.3, -0.25) is 4.98 Å². The smallest absolute Gasteiger partial charge is 0.222 e. The maximum Gasteiger partial charge on any atom is 0.222 e. The lowest BCUT2D eigenvalue weighted by Gasteiger charge is -2.08. The number of benzene rings is 1. The Bertz CT molecular complexity index is 744. The minimum atomic E-state index is 0.175. The van der Waals surface area contributed by atoms with Gasteiger partial charge in [-0.25, -0.2) is 4.98 Å². The van der Waals surface area contributed by atoms with Crippen LogP contribution in [0.5, 0.6) is 0 Å². The number of pyridine rings is 1. The van der Waals surface area contributed by atoms with Gasteiger partial charge in [-0.1, -0.05) is 17.7 Å². The van der Waals surface area contributed by atoms with Crippen LogP contribution in [0.1, 0.15) is 0 Å². The number of hydrogen-bond donors (Lipinski definition) is 2. The molecule has 0 amide bonds. The van der Waals surface area contributed by atoms with E-state index in [9.17, 15) is 0 Å². The Morgan fingerprint density at radius 3 is 2.95 bits per heavy atom. The minimum Gasteiger partial charge on any atom is -0.368 e. The molecule has 0 saturated heterocycles. The number of hydrogen-bond acceptors (Lipinski definition) is 5. The fourth-order valence-corrected chi connectivity index (χ4v) is 1.90. The van der Waals surface area contributed by atoms with Gasteiger partial charge in [0, 0.05) is 17.3 Å². The first-order chi connectivity index (χ1) is 9.22. The van der Waals surface area contributed by atoms with Crippen molar-refractivity contribution in [1.29, 1.82) is 0 Å². The average molecular weight is 272 g/mol. The number of nitrogens with one attached hydrogen (secondary N) is 1. The third kappa shape index (κ3) is 2.41. The second kappa shape index (κ2) is 4.70. The maximum absolute atomic E-state index is 6.01. The fraction of sp³-hybridized carbons (Fsp3) is 0. The summed E-state index contributed by atoms with van der Waals surface area (Å²) < 4.78 is 0. The topological polar surface area (TPSA) is 76.7 Å². The van der Waals surface area contributed by atoms with E-state index in [4.69, 9.17) is 17.3 Å². The lowest BCUT2D eigenvalue weighted by molar-refractivity contribution is 1.18. The number of rotatable bonds is 2. The summed E-state index contributed by atoms with van der Waals surface area (Å²) >= 11 is 6.01. The molecule has 0 aliphatic rings. The van der Waals surface area contributed by atoms with E-state index in [1.54, 1.807) is 6.20 Å². The molecule has 6 heteroatoms. The van der Waals surface area contributed by atoms with E-state index in [0.717, 1.165) is 16.6 Å². The Labute approximate surface area is 114 Å². The van der Waals surface area contributed by atoms with Gasteiger partial charge in [-0.05, 0) is 24.3 Å². The van der Waals surface area contributed by atoms with Crippen molar-refractivity contribution in [2.24, 2.45) is 0 Å². The number of nitrogens with zero attached hydrogens (tertiary/aromatic N) is 3. The van der Waals surface area contributed by atoms with E-state index in [1.165, 1.54) is 6.20 Å². The van der Waals surface area contributed by atoms with Gasteiger partial charge in [0.25, 0.3) is 0 Å². The van der Waals surface area contributed by atoms with Gasteiger partial charge >= 0.3 is 0 Å².